The molecule has 0 amide bonds. The van der Waals surface area contributed by atoms with Crippen molar-refractivity contribution in [1.82, 2.24) is 0 Å². The Labute approximate surface area is 198 Å². The molecule has 8 atom stereocenters. The first-order valence-corrected chi connectivity index (χ1v) is 11.6. The molecule has 2 bridgehead atoms. The van der Waals surface area contributed by atoms with Crippen LogP contribution in [0.3, 0.4) is 0 Å². The van der Waals surface area contributed by atoms with Crippen LogP contribution in [0.1, 0.15) is 54.4 Å². The van der Waals surface area contributed by atoms with Gasteiger partial charge in [0, 0.05) is 31.1 Å². The van der Waals surface area contributed by atoms with Gasteiger partial charge in [-0.3, -0.25) is 14.4 Å². The van der Waals surface area contributed by atoms with Crippen molar-refractivity contribution in [2.24, 2.45) is 10.8 Å². The second-order valence-corrected chi connectivity index (χ2v) is 10.9. The first kappa shape index (κ1) is 25.1. The van der Waals surface area contributed by atoms with E-state index in [4.69, 9.17) is 23.7 Å². The highest BCUT2D eigenvalue weighted by molar-refractivity contribution is 5.71. The van der Waals surface area contributed by atoms with Gasteiger partial charge >= 0.3 is 17.9 Å². The van der Waals surface area contributed by atoms with Crippen LogP contribution < -0.4 is 0 Å². The van der Waals surface area contributed by atoms with Gasteiger partial charge in [-0.05, 0) is 26.3 Å². The third kappa shape index (κ3) is 3.66. The van der Waals surface area contributed by atoms with Crippen LogP contribution in [-0.2, 0) is 38.1 Å². The van der Waals surface area contributed by atoms with Crippen LogP contribution in [-0.4, -0.2) is 83.1 Å². The molecule has 1 spiro atoms. The summed E-state index contributed by atoms with van der Waals surface area (Å²) in [5.41, 5.74) is -3.54. The fourth-order valence-corrected chi connectivity index (χ4v) is 6.23. The van der Waals surface area contributed by atoms with E-state index in [1.54, 1.807) is 0 Å². The van der Waals surface area contributed by atoms with Crippen molar-refractivity contribution in [3.63, 3.8) is 0 Å². The molecule has 0 radical (unpaired) electrons. The van der Waals surface area contributed by atoms with Gasteiger partial charge in [-0.2, -0.15) is 0 Å². The Kier molecular flexibility index (Phi) is 5.91. The lowest BCUT2D eigenvalue weighted by molar-refractivity contribution is -0.239. The third-order valence-electron chi connectivity index (χ3n) is 8.02. The number of aliphatic hydroxyl groups excluding tert-OH is 1. The molecule has 190 valence electrons. The molecule has 0 aromatic carbocycles. The Balaban J connectivity index is 1.76. The molecule has 2 aliphatic carbocycles. The molecule has 2 N–H and O–H groups in total. The highest BCUT2D eigenvalue weighted by Crippen LogP contribution is 2.72. The van der Waals surface area contributed by atoms with Crippen LogP contribution in [0.2, 0.25) is 0 Å². The summed E-state index contributed by atoms with van der Waals surface area (Å²) < 4.78 is 29.1. The summed E-state index contributed by atoms with van der Waals surface area (Å²) in [6, 6.07) is 0. The van der Waals surface area contributed by atoms with Crippen molar-refractivity contribution in [2.45, 2.75) is 96.1 Å². The molecular weight excluding hydrogens is 448 g/mol. The highest BCUT2D eigenvalue weighted by atomic mass is 16.7. The maximum atomic E-state index is 12.6. The fraction of sp³-hybridized carbons (Fsp3) is 0.792. The third-order valence-corrected chi connectivity index (χ3v) is 8.02. The van der Waals surface area contributed by atoms with Gasteiger partial charge in [-0.25, -0.2) is 0 Å². The minimum Gasteiger partial charge on any atom is -0.465 e. The predicted molar refractivity (Wildman–Crippen MR) is 115 cm³/mol. The lowest BCUT2D eigenvalue weighted by atomic mass is 9.51. The molecule has 4 aliphatic rings. The first-order valence-electron chi connectivity index (χ1n) is 11.6. The van der Waals surface area contributed by atoms with Crippen LogP contribution in [0.5, 0.6) is 0 Å². The van der Waals surface area contributed by atoms with Crippen molar-refractivity contribution in [3.8, 4) is 0 Å². The van der Waals surface area contributed by atoms with Gasteiger partial charge in [0.05, 0.1) is 24.7 Å². The lowest BCUT2D eigenvalue weighted by Gasteiger charge is -2.58. The van der Waals surface area contributed by atoms with Gasteiger partial charge in [-0.1, -0.05) is 13.0 Å². The van der Waals surface area contributed by atoms with Crippen LogP contribution in [0.25, 0.3) is 0 Å². The second kappa shape index (κ2) is 8.01. The van der Waals surface area contributed by atoms with E-state index in [-0.39, 0.29) is 26.1 Å². The van der Waals surface area contributed by atoms with E-state index in [2.05, 4.69) is 0 Å². The standard InChI is InChI=1S/C24H34O10/c1-12-7-16-23(10-30-13(2)25,8-15(12)33-17(27)9-21(4,5)29)22(6)19(28)18(32-14(3)26)20(34-16)24(22)11-31-24/h7,15-16,18-20,28-29H,8-11H2,1-6H3/t15-,16+,18+,19+,20+,22+,23+,24?/m0/s1. The topological polar surface area (TPSA) is 141 Å². The van der Waals surface area contributed by atoms with Gasteiger partial charge < -0.3 is 33.9 Å². The molecule has 3 fully saturated rings. The molecule has 0 aromatic heterocycles. The van der Waals surface area contributed by atoms with Crippen LogP contribution >= 0.6 is 0 Å². The first-order chi connectivity index (χ1) is 15.7. The van der Waals surface area contributed by atoms with Gasteiger partial charge in [-0.15, -0.1) is 0 Å². The number of carbonyl (C=O) groups is 3. The summed E-state index contributed by atoms with van der Waals surface area (Å²) >= 11 is 0. The van der Waals surface area contributed by atoms with Crippen molar-refractivity contribution in [2.75, 3.05) is 13.2 Å². The van der Waals surface area contributed by atoms with Crippen molar-refractivity contribution in [3.05, 3.63) is 11.6 Å². The predicted octanol–water partition coefficient (Wildman–Crippen LogP) is 0.808. The Morgan fingerprint density at radius 2 is 1.85 bits per heavy atom. The van der Waals surface area contributed by atoms with E-state index in [0.29, 0.717) is 0 Å². The van der Waals surface area contributed by atoms with E-state index in [1.165, 1.54) is 27.7 Å². The summed E-state index contributed by atoms with van der Waals surface area (Å²) in [4.78, 5) is 36.3. The molecule has 1 saturated carbocycles. The zero-order valence-corrected chi connectivity index (χ0v) is 20.5. The quantitative estimate of drug-likeness (QED) is 0.242. The zero-order valence-electron chi connectivity index (χ0n) is 20.5. The summed E-state index contributed by atoms with van der Waals surface area (Å²) in [5, 5.41) is 21.6. The van der Waals surface area contributed by atoms with Crippen molar-refractivity contribution in [1.29, 1.82) is 0 Å². The number of aliphatic hydroxyl groups is 2. The summed E-state index contributed by atoms with van der Waals surface area (Å²) in [6.07, 6.45) is -2.35. The van der Waals surface area contributed by atoms with Crippen LogP contribution in [0.4, 0.5) is 0 Å². The fourth-order valence-electron chi connectivity index (χ4n) is 6.23. The highest BCUT2D eigenvalue weighted by Gasteiger charge is 2.86. The van der Waals surface area contributed by atoms with E-state index in [1.807, 2.05) is 19.9 Å². The monoisotopic (exact) mass is 482 g/mol. The lowest BCUT2D eigenvalue weighted by Crippen LogP contribution is -2.67. The summed E-state index contributed by atoms with van der Waals surface area (Å²) in [6.45, 7) is 9.41. The van der Waals surface area contributed by atoms with Crippen molar-refractivity contribution >= 4 is 17.9 Å². The smallest absolute Gasteiger partial charge is 0.309 e. The average molecular weight is 483 g/mol. The van der Waals surface area contributed by atoms with Gasteiger partial charge in [0.15, 0.2) is 6.10 Å². The minimum atomic E-state index is -1.24. The van der Waals surface area contributed by atoms with E-state index in [9.17, 15) is 24.6 Å². The molecule has 2 heterocycles. The molecule has 1 unspecified atom stereocenters. The van der Waals surface area contributed by atoms with E-state index in [0.717, 1.165) is 5.57 Å². The van der Waals surface area contributed by atoms with E-state index < -0.39 is 70.5 Å². The SMILES string of the molecule is CC(=O)OC[C@]12C[C@H](OC(=O)CC(C)(C)O)C(C)=C[C@H]1O[C@@H]1[C@H](OC(C)=O)[C@@H](O)[C@@]2(C)C12CO2. The maximum absolute atomic E-state index is 12.6. The number of fused-ring (bicyclic) bond motifs is 2. The van der Waals surface area contributed by atoms with Crippen LogP contribution in [0.15, 0.2) is 11.6 Å². The largest absolute Gasteiger partial charge is 0.465 e. The number of ether oxygens (including phenoxy) is 5. The van der Waals surface area contributed by atoms with Gasteiger partial charge in [0.1, 0.15) is 30.5 Å². The van der Waals surface area contributed by atoms with E-state index >= 15 is 0 Å². The number of rotatable bonds is 6. The number of hydrogen-bond donors (Lipinski definition) is 2. The zero-order chi connectivity index (χ0) is 25.3. The number of esters is 3. The summed E-state index contributed by atoms with van der Waals surface area (Å²) in [7, 11) is 0. The normalized spacial score (nSPS) is 42.5. The molecule has 2 saturated heterocycles. The second-order valence-electron chi connectivity index (χ2n) is 10.9. The molecule has 34 heavy (non-hydrogen) atoms. The molecule has 4 rings (SSSR count). The number of hydrogen-bond acceptors (Lipinski definition) is 10. The average Bonchev–Trinajstić information content (AvgIpc) is 3.47. The Bertz CT molecular complexity index is 915. The minimum absolute atomic E-state index is 0.117. The number of carbonyl (C=O) groups excluding carboxylic acids is 3. The Morgan fingerprint density at radius 1 is 1.21 bits per heavy atom. The van der Waals surface area contributed by atoms with Crippen LogP contribution in [0, 0.1) is 10.8 Å². The Hall–Kier alpha value is -2.01. The maximum Gasteiger partial charge on any atom is 0.309 e. The van der Waals surface area contributed by atoms with Gasteiger partial charge in [0.25, 0.3) is 0 Å². The van der Waals surface area contributed by atoms with Crippen molar-refractivity contribution < 1.29 is 48.3 Å². The molecular formula is C24H34O10. The van der Waals surface area contributed by atoms with Gasteiger partial charge in [0.2, 0.25) is 0 Å². The molecule has 10 nitrogen and oxygen atoms in total. The summed E-state index contributed by atoms with van der Waals surface area (Å²) in [5.74, 6) is -1.63. The Morgan fingerprint density at radius 3 is 2.38 bits per heavy atom. The molecule has 0 aromatic rings. The number of epoxide rings is 1. The molecule has 2 aliphatic heterocycles. The molecule has 10 heteroatoms.